The number of aryl methyl sites for hydroxylation is 2. The van der Waals surface area contributed by atoms with Crippen molar-refractivity contribution in [3.63, 3.8) is 0 Å². The summed E-state index contributed by atoms with van der Waals surface area (Å²) in [5.41, 5.74) is 5.27. The van der Waals surface area contributed by atoms with Crippen molar-refractivity contribution in [3.8, 4) is 5.75 Å². The van der Waals surface area contributed by atoms with E-state index in [9.17, 15) is 0 Å². The van der Waals surface area contributed by atoms with Gasteiger partial charge >= 0.3 is 0 Å². The standard InChI is InChI=1S/C19H25NO/c1-5-20-18(17-8-6-7-9-19(17)21-4)13-16-11-10-14(2)15(3)12-16/h6-12,18,20H,5,13H2,1-4H3. The molecule has 0 aliphatic carbocycles. The van der Waals surface area contributed by atoms with E-state index in [0.717, 1.165) is 18.7 Å². The van der Waals surface area contributed by atoms with Crippen LogP contribution in [0.25, 0.3) is 0 Å². The fourth-order valence-corrected chi connectivity index (χ4v) is 2.66. The number of nitrogens with one attached hydrogen (secondary N) is 1. The number of hydrogen-bond donors (Lipinski definition) is 1. The molecule has 0 aromatic heterocycles. The number of likely N-dealkylation sites (N-methyl/N-ethyl adjacent to an activating group) is 1. The molecule has 0 saturated heterocycles. The van der Waals surface area contributed by atoms with Crippen LogP contribution in [0.5, 0.6) is 5.75 Å². The van der Waals surface area contributed by atoms with Crippen LogP contribution in [0.2, 0.25) is 0 Å². The number of rotatable bonds is 6. The molecule has 0 aliphatic heterocycles. The van der Waals surface area contributed by atoms with Crippen molar-refractivity contribution in [2.75, 3.05) is 13.7 Å². The molecule has 2 aromatic rings. The van der Waals surface area contributed by atoms with Crippen LogP contribution in [0.4, 0.5) is 0 Å². The largest absolute Gasteiger partial charge is 0.496 e. The van der Waals surface area contributed by atoms with Crippen molar-refractivity contribution in [1.29, 1.82) is 0 Å². The second-order valence-electron chi connectivity index (χ2n) is 5.47. The normalized spacial score (nSPS) is 12.2. The van der Waals surface area contributed by atoms with Crippen molar-refractivity contribution < 1.29 is 4.74 Å². The monoisotopic (exact) mass is 283 g/mol. The maximum Gasteiger partial charge on any atom is 0.123 e. The van der Waals surface area contributed by atoms with Crippen LogP contribution in [0.1, 0.15) is 35.2 Å². The predicted octanol–water partition coefficient (Wildman–Crippen LogP) is 4.21. The lowest BCUT2D eigenvalue weighted by Crippen LogP contribution is -2.23. The Balaban J connectivity index is 2.28. The molecular weight excluding hydrogens is 258 g/mol. The van der Waals surface area contributed by atoms with Gasteiger partial charge in [-0.25, -0.2) is 0 Å². The van der Waals surface area contributed by atoms with E-state index in [2.05, 4.69) is 56.4 Å². The lowest BCUT2D eigenvalue weighted by atomic mass is 9.96. The molecule has 112 valence electrons. The van der Waals surface area contributed by atoms with E-state index in [0.29, 0.717) is 0 Å². The smallest absolute Gasteiger partial charge is 0.123 e. The summed E-state index contributed by atoms with van der Waals surface area (Å²) >= 11 is 0. The highest BCUT2D eigenvalue weighted by atomic mass is 16.5. The molecular formula is C19H25NO. The Labute approximate surface area is 128 Å². The average molecular weight is 283 g/mol. The van der Waals surface area contributed by atoms with Crippen LogP contribution in [-0.2, 0) is 6.42 Å². The summed E-state index contributed by atoms with van der Waals surface area (Å²) in [6.07, 6.45) is 0.968. The van der Waals surface area contributed by atoms with Gasteiger partial charge in [-0.1, -0.05) is 43.3 Å². The summed E-state index contributed by atoms with van der Waals surface area (Å²) in [7, 11) is 1.73. The van der Waals surface area contributed by atoms with Crippen LogP contribution in [0.15, 0.2) is 42.5 Å². The number of para-hydroxylation sites is 1. The molecule has 0 fully saturated rings. The fraction of sp³-hybridized carbons (Fsp3) is 0.368. The Kier molecular flexibility index (Phi) is 5.40. The molecule has 1 unspecified atom stereocenters. The molecule has 0 amide bonds. The van der Waals surface area contributed by atoms with Crippen LogP contribution in [-0.4, -0.2) is 13.7 Å². The van der Waals surface area contributed by atoms with E-state index in [1.165, 1.54) is 22.3 Å². The molecule has 0 saturated carbocycles. The van der Waals surface area contributed by atoms with Crippen molar-refractivity contribution >= 4 is 0 Å². The highest BCUT2D eigenvalue weighted by molar-refractivity contribution is 5.38. The zero-order valence-corrected chi connectivity index (χ0v) is 13.4. The Hall–Kier alpha value is -1.80. The molecule has 0 spiro atoms. The first-order valence-electron chi connectivity index (χ1n) is 7.58. The van der Waals surface area contributed by atoms with Gasteiger partial charge in [-0.15, -0.1) is 0 Å². The molecule has 21 heavy (non-hydrogen) atoms. The first-order chi connectivity index (χ1) is 10.2. The van der Waals surface area contributed by atoms with Crippen molar-refractivity contribution in [1.82, 2.24) is 5.32 Å². The Morgan fingerprint density at radius 2 is 1.81 bits per heavy atom. The van der Waals surface area contributed by atoms with Gasteiger partial charge in [-0.2, -0.15) is 0 Å². The fourth-order valence-electron chi connectivity index (χ4n) is 2.66. The second-order valence-corrected chi connectivity index (χ2v) is 5.47. The van der Waals surface area contributed by atoms with E-state index in [4.69, 9.17) is 4.74 Å². The van der Waals surface area contributed by atoms with Gasteiger partial charge in [0.25, 0.3) is 0 Å². The van der Waals surface area contributed by atoms with Crippen LogP contribution in [0, 0.1) is 13.8 Å². The van der Waals surface area contributed by atoms with E-state index >= 15 is 0 Å². The SMILES string of the molecule is CCNC(Cc1ccc(C)c(C)c1)c1ccccc1OC. The summed E-state index contributed by atoms with van der Waals surface area (Å²) in [5, 5.41) is 3.58. The minimum atomic E-state index is 0.272. The first-order valence-corrected chi connectivity index (χ1v) is 7.58. The molecule has 0 radical (unpaired) electrons. The van der Waals surface area contributed by atoms with Crippen molar-refractivity contribution in [3.05, 3.63) is 64.7 Å². The van der Waals surface area contributed by atoms with Gasteiger partial charge in [0, 0.05) is 11.6 Å². The molecule has 2 heteroatoms. The summed E-state index contributed by atoms with van der Waals surface area (Å²) in [6, 6.07) is 15.2. The Morgan fingerprint density at radius 1 is 1.05 bits per heavy atom. The summed E-state index contributed by atoms with van der Waals surface area (Å²) in [4.78, 5) is 0. The lowest BCUT2D eigenvalue weighted by molar-refractivity contribution is 0.399. The number of hydrogen-bond acceptors (Lipinski definition) is 2. The number of benzene rings is 2. The first kappa shape index (κ1) is 15.6. The maximum atomic E-state index is 5.51. The van der Waals surface area contributed by atoms with Crippen molar-refractivity contribution in [2.24, 2.45) is 0 Å². The number of methoxy groups -OCH3 is 1. The molecule has 0 bridgehead atoms. The van der Waals surface area contributed by atoms with Gasteiger partial charge in [-0.05, 0) is 49.6 Å². The van der Waals surface area contributed by atoms with Crippen LogP contribution in [0.3, 0.4) is 0 Å². The molecule has 2 rings (SSSR count). The topological polar surface area (TPSA) is 21.3 Å². The Morgan fingerprint density at radius 3 is 2.48 bits per heavy atom. The quantitative estimate of drug-likeness (QED) is 0.857. The molecule has 0 heterocycles. The second kappa shape index (κ2) is 7.28. The van der Waals surface area contributed by atoms with Gasteiger partial charge in [0.15, 0.2) is 0 Å². The third kappa shape index (κ3) is 3.85. The lowest BCUT2D eigenvalue weighted by Gasteiger charge is -2.21. The zero-order chi connectivity index (χ0) is 15.2. The summed E-state index contributed by atoms with van der Waals surface area (Å²) in [5.74, 6) is 0.951. The molecule has 1 N–H and O–H groups in total. The third-order valence-electron chi connectivity index (χ3n) is 3.98. The number of ether oxygens (including phenoxy) is 1. The average Bonchev–Trinajstić information content (AvgIpc) is 2.50. The van der Waals surface area contributed by atoms with E-state index in [-0.39, 0.29) is 6.04 Å². The minimum Gasteiger partial charge on any atom is -0.496 e. The van der Waals surface area contributed by atoms with Crippen molar-refractivity contribution in [2.45, 2.75) is 33.2 Å². The van der Waals surface area contributed by atoms with Crippen LogP contribution >= 0.6 is 0 Å². The van der Waals surface area contributed by atoms with E-state index in [1.807, 2.05) is 12.1 Å². The third-order valence-corrected chi connectivity index (χ3v) is 3.98. The van der Waals surface area contributed by atoms with E-state index < -0.39 is 0 Å². The molecule has 2 nitrogen and oxygen atoms in total. The maximum absolute atomic E-state index is 5.51. The van der Waals surface area contributed by atoms with Crippen LogP contribution < -0.4 is 10.1 Å². The Bertz CT molecular complexity index is 592. The highest BCUT2D eigenvalue weighted by Crippen LogP contribution is 2.27. The van der Waals surface area contributed by atoms with Gasteiger partial charge < -0.3 is 10.1 Å². The van der Waals surface area contributed by atoms with Gasteiger partial charge in [0.1, 0.15) is 5.75 Å². The van der Waals surface area contributed by atoms with Gasteiger partial charge in [-0.3, -0.25) is 0 Å². The van der Waals surface area contributed by atoms with Gasteiger partial charge in [0.2, 0.25) is 0 Å². The summed E-state index contributed by atoms with van der Waals surface area (Å²) in [6.45, 7) is 7.40. The highest BCUT2D eigenvalue weighted by Gasteiger charge is 2.15. The molecule has 2 aromatic carbocycles. The summed E-state index contributed by atoms with van der Waals surface area (Å²) < 4.78 is 5.51. The molecule has 1 atom stereocenters. The minimum absolute atomic E-state index is 0.272. The molecule has 0 aliphatic rings. The van der Waals surface area contributed by atoms with E-state index in [1.54, 1.807) is 7.11 Å². The predicted molar refractivity (Wildman–Crippen MR) is 89.0 cm³/mol. The zero-order valence-electron chi connectivity index (χ0n) is 13.4. The van der Waals surface area contributed by atoms with Gasteiger partial charge in [0.05, 0.1) is 7.11 Å².